The summed E-state index contributed by atoms with van der Waals surface area (Å²) in [6, 6.07) is 5.12. The standard InChI is InChI=1S/C12H12F3N3/c13-12(14,15)9-3-1-2-8(6-9)10-7-17-11(18-10)4-5-16/h1-3,6-7H,4-5,16H2,(H,17,18). The van der Waals surface area contributed by atoms with Crippen molar-refractivity contribution in [2.24, 2.45) is 5.73 Å². The average molecular weight is 255 g/mol. The first-order chi connectivity index (χ1) is 8.50. The van der Waals surface area contributed by atoms with Crippen LogP contribution in [-0.2, 0) is 12.6 Å². The smallest absolute Gasteiger partial charge is 0.342 e. The first-order valence-corrected chi connectivity index (χ1v) is 5.42. The summed E-state index contributed by atoms with van der Waals surface area (Å²) in [5.74, 6) is 0.671. The molecular formula is C12H12F3N3. The van der Waals surface area contributed by atoms with Gasteiger partial charge in [0.05, 0.1) is 17.5 Å². The number of imidazole rings is 1. The molecule has 0 amide bonds. The molecule has 0 saturated carbocycles. The van der Waals surface area contributed by atoms with Crippen LogP contribution in [0.15, 0.2) is 30.5 Å². The lowest BCUT2D eigenvalue weighted by molar-refractivity contribution is -0.137. The fourth-order valence-electron chi connectivity index (χ4n) is 1.64. The zero-order valence-electron chi connectivity index (χ0n) is 9.46. The first-order valence-electron chi connectivity index (χ1n) is 5.42. The van der Waals surface area contributed by atoms with E-state index in [4.69, 9.17) is 5.73 Å². The zero-order chi connectivity index (χ0) is 13.2. The minimum atomic E-state index is -4.34. The third-order valence-corrected chi connectivity index (χ3v) is 2.51. The van der Waals surface area contributed by atoms with Crippen LogP contribution in [0.1, 0.15) is 11.4 Å². The van der Waals surface area contributed by atoms with E-state index in [0.29, 0.717) is 30.0 Å². The summed E-state index contributed by atoms with van der Waals surface area (Å²) >= 11 is 0. The maximum absolute atomic E-state index is 12.6. The molecule has 2 rings (SSSR count). The minimum Gasteiger partial charge on any atom is -0.342 e. The summed E-state index contributed by atoms with van der Waals surface area (Å²) < 4.78 is 37.7. The molecule has 18 heavy (non-hydrogen) atoms. The first kappa shape index (κ1) is 12.6. The van der Waals surface area contributed by atoms with E-state index in [2.05, 4.69) is 9.97 Å². The maximum atomic E-state index is 12.6. The number of aromatic amines is 1. The summed E-state index contributed by atoms with van der Waals surface area (Å²) in [7, 11) is 0. The molecule has 2 aromatic rings. The molecule has 3 N–H and O–H groups in total. The van der Waals surface area contributed by atoms with Crippen molar-refractivity contribution in [1.82, 2.24) is 9.97 Å². The number of nitrogens with one attached hydrogen (secondary N) is 1. The van der Waals surface area contributed by atoms with Crippen LogP contribution in [0.5, 0.6) is 0 Å². The molecule has 0 aliphatic carbocycles. The van der Waals surface area contributed by atoms with E-state index in [1.807, 2.05) is 0 Å². The predicted octanol–water partition coefficient (Wildman–Crippen LogP) is 2.60. The number of alkyl halides is 3. The fourth-order valence-corrected chi connectivity index (χ4v) is 1.64. The van der Waals surface area contributed by atoms with Gasteiger partial charge in [0.25, 0.3) is 0 Å². The molecule has 0 spiro atoms. The predicted molar refractivity (Wildman–Crippen MR) is 61.8 cm³/mol. The topological polar surface area (TPSA) is 54.7 Å². The second kappa shape index (κ2) is 4.81. The van der Waals surface area contributed by atoms with Gasteiger partial charge in [-0.05, 0) is 18.7 Å². The van der Waals surface area contributed by atoms with Gasteiger partial charge in [0, 0.05) is 12.0 Å². The number of nitrogens with zero attached hydrogens (tertiary/aromatic N) is 1. The van der Waals surface area contributed by atoms with Gasteiger partial charge in [0.2, 0.25) is 0 Å². The Morgan fingerprint density at radius 2 is 2.06 bits per heavy atom. The molecule has 1 aromatic carbocycles. The summed E-state index contributed by atoms with van der Waals surface area (Å²) in [4.78, 5) is 7.01. The Labute approximate surface area is 102 Å². The Kier molecular flexibility index (Phi) is 3.38. The fraction of sp³-hybridized carbons (Fsp3) is 0.250. The number of benzene rings is 1. The van der Waals surface area contributed by atoms with Crippen molar-refractivity contribution in [3.8, 4) is 11.3 Å². The highest BCUT2D eigenvalue weighted by Gasteiger charge is 2.30. The van der Waals surface area contributed by atoms with Gasteiger partial charge in [-0.2, -0.15) is 13.2 Å². The summed E-state index contributed by atoms with van der Waals surface area (Å²) in [6.07, 6.45) is -2.25. The Morgan fingerprint density at radius 3 is 2.72 bits per heavy atom. The molecule has 0 unspecified atom stereocenters. The van der Waals surface area contributed by atoms with Gasteiger partial charge in [0.15, 0.2) is 0 Å². The van der Waals surface area contributed by atoms with E-state index in [0.717, 1.165) is 12.1 Å². The molecule has 0 radical (unpaired) electrons. The van der Waals surface area contributed by atoms with E-state index < -0.39 is 11.7 Å². The third kappa shape index (κ3) is 2.70. The Balaban J connectivity index is 2.32. The largest absolute Gasteiger partial charge is 0.416 e. The van der Waals surface area contributed by atoms with Crippen LogP contribution in [0.4, 0.5) is 13.2 Å². The second-order valence-corrected chi connectivity index (χ2v) is 3.86. The van der Waals surface area contributed by atoms with Crippen molar-refractivity contribution in [3.63, 3.8) is 0 Å². The number of hydrogen-bond acceptors (Lipinski definition) is 2. The van der Waals surface area contributed by atoms with E-state index in [9.17, 15) is 13.2 Å². The third-order valence-electron chi connectivity index (χ3n) is 2.51. The van der Waals surface area contributed by atoms with E-state index in [1.54, 1.807) is 6.07 Å². The highest BCUT2D eigenvalue weighted by atomic mass is 19.4. The molecule has 3 nitrogen and oxygen atoms in total. The lowest BCUT2D eigenvalue weighted by Gasteiger charge is -2.07. The molecule has 96 valence electrons. The van der Waals surface area contributed by atoms with Crippen molar-refractivity contribution >= 4 is 0 Å². The molecule has 1 aromatic heterocycles. The minimum absolute atomic E-state index is 0.440. The summed E-state index contributed by atoms with van der Waals surface area (Å²) in [5.41, 5.74) is 5.73. The lowest BCUT2D eigenvalue weighted by Crippen LogP contribution is -2.04. The summed E-state index contributed by atoms with van der Waals surface area (Å²) in [6.45, 7) is 0.440. The maximum Gasteiger partial charge on any atom is 0.416 e. The highest BCUT2D eigenvalue weighted by molar-refractivity contribution is 5.59. The van der Waals surface area contributed by atoms with Crippen LogP contribution < -0.4 is 5.73 Å². The molecule has 1 heterocycles. The van der Waals surface area contributed by atoms with Gasteiger partial charge in [-0.1, -0.05) is 12.1 Å². The van der Waals surface area contributed by atoms with Crippen molar-refractivity contribution in [2.45, 2.75) is 12.6 Å². The van der Waals surface area contributed by atoms with Gasteiger partial charge < -0.3 is 10.7 Å². The number of halogens is 3. The molecule has 6 heteroatoms. The van der Waals surface area contributed by atoms with E-state index in [-0.39, 0.29) is 0 Å². The van der Waals surface area contributed by atoms with Gasteiger partial charge in [-0.3, -0.25) is 0 Å². The van der Waals surface area contributed by atoms with E-state index >= 15 is 0 Å². The Morgan fingerprint density at radius 1 is 1.28 bits per heavy atom. The lowest BCUT2D eigenvalue weighted by atomic mass is 10.1. The van der Waals surface area contributed by atoms with E-state index in [1.165, 1.54) is 12.3 Å². The van der Waals surface area contributed by atoms with Gasteiger partial charge in [-0.25, -0.2) is 4.98 Å². The molecule has 0 aliphatic rings. The van der Waals surface area contributed by atoms with Crippen LogP contribution in [0.2, 0.25) is 0 Å². The van der Waals surface area contributed by atoms with Crippen LogP contribution >= 0.6 is 0 Å². The van der Waals surface area contributed by atoms with Gasteiger partial charge >= 0.3 is 6.18 Å². The number of H-pyrrole nitrogens is 1. The van der Waals surface area contributed by atoms with Crippen molar-refractivity contribution in [1.29, 1.82) is 0 Å². The van der Waals surface area contributed by atoms with Crippen molar-refractivity contribution in [2.75, 3.05) is 6.54 Å². The molecule has 0 atom stereocenters. The second-order valence-electron chi connectivity index (χ2n) is 3.86. The normalized spacial score (nSPS) is 11.8. The van der Waals surface area contributed by atoms with Crippen molar-refractivity contribution in [3.05, 3.63) is 41.9 Å². The molecule has 0 saturated heterocycles. The van der Waals surface area contributed by atoms with Crippen LogP contribution in [0.25, 0.3) is 11.3 Å². The van der Waals surface area contributed by atoms with Crippen molar-refractivity contribution < 1.29 is 13.2 Å². The molecule has 0 aliphatic heterocycles. The van der Waals surface area contributed by atoms with Crippen LogP contribution in [-0.4, -0.2) is 16.5 Å². The van der Waals surface area contributed by atoms with Gasteiger partial charge in [0.1, 0.15) is 5.82 Å². The number of hydrogen-bond donors (Lipinski definition) is 2. The Hall–Kier alpha value is -1.82. The number of nitrogens with two attached hydrogens (primary N) is 1. The number of aromatic nitrogens is 2. The molecule has 0 bridgehead atoms. The zero-order valence-corrected chi connectivity index (χ0v) is 9.46. The highest BCUT2D eigenvalue weighted by Crippen LogP contribution is 2.31. The monoisotopic (exact) mass is 255 g/mol. The SMILES string of the molecule is NCCc1ncc(-c2cccc(C(F)(F)F)c2)[nH]1. The molecule has 0 fully saturated rings. The Bertz CT molecular complexity index is 531. The van der Waals surface area contributed by atoms with Crippen LogP contribution in [0, 0.1) is 0 Å². The van der Waals surface area contributed by atoms with Crippen LogP contribution in [0.3, 0.4) is 0 Å². The van der Waals surface area contributed by atoms with Gasteiger partial charge in [-0.15, -0.1) is 0 Å². The average Bonchev–Trinajstić information content (AvgIpc) is 2.77. The number of rotatable bonds is 3. The quantitative estimate of drug-likeness (QED) is 0.885. The summed E-state index contributed by atoms with van der Waals surface area (Å²) in [5, 5.41) is 0. The molecular weight excluding hydrogens is 243 g/mol.